The second-order valence-corrected chi connectivity index (χ2v) is 9.89. The lowest BCUT2D eigenvalue weighted by atomic mass is 9.90. The Labute approximate surface area is 199 Å². The van der Waals surface area contributed by atoms with Crippen LogP contribution < -0.4 is 20.9 Å². The maximum atomic E-state index is 15.0. The lowest BCUT2D eigenvalue weighted by Gasteiger charge is -2.23. The first-order chi connectivity index (χ1) is 16.3. The molecule has 34 heavy (non-hydrogen) atoms. The van der Waals surface area contributed by atoms with E-state index >= 15 is 4.39 Å². The van der Waals surface area contributed by atoms with Gasteiger partial charge in [0, 0.05) is 49.4 Å². The zero-order valence-corrected chi connectivity index (χ0v) is 20.0. The van der Waals surface area contributed by atoms with E-state index in [1.165, 1.54) is 6.42 Å². The van der Waals surface area contributed by atoms with E-state index in [9.17, 15) is 4.79 Å². The Morgan fingerprint density at radius 2 is 1.91 bits per heavy atom. The molecule has 0 radical (unpaired) electrons. The number of benzene rings is 2. The molecule has 3 N–H and O–H groups in total. The second-order valence-electron chi connectivity index (χ2n) is 9.89. The van der Waals surface area contributed by atoms with E-state index in [1.54, 1.807) is 30.0 Å². The van der Waals surface area contributed by atoms with Crippen LogP contribution in [0.2, 0.25) is 0 Å². The summed E-state index contributed by atoms with van der Waals surface area (Å²) in [6.07, 6.45) is 1.17. The maximum Gasteiger partial charge on any atom is 0.179 e. The minimum absolute atomic E-state index is 0.0851. The van der Waals surface area contributed by atoms with Gasteiger partial charge in [-0.2, -0.15) is 0 Å². The molecule has 0 bridgehead atoms. The quantitative estimate of drug-likeness (QED) is 0.565. The minimum atomic E-state index is -0.538. The number of nitrogens with zero attached hydrogens (tertiary/aromatic N) is 3. The average Bonchev–Trinajstić information content (AvgIpc) is 3.26. The third-order valence-electron chi connectivity index (χ3n) is 7.23. The molecule has 1 aromatic heterocycles. The lowest BCUT2D eigenvalue weighted by molar-refractivity contribution is 0.0968. The van der Waals surface area contributed by atoms with Crippen LogP contribution in [0.25, 0.3) is 22.2 Å². The van der Waals surface area contributed by atoms with Crippen LogP contribution in [0.3, 0.4) is 0 Å². The summed E-state index contributed by atoms with van der Waals surface area (Å²) in [6.45, 7) is 5.72. The smallest absolute Gasteiger partial charge is 0.179 e. The molecule has 2 aromatic carbocycles. The predicted octanol–water partition coefficient (Wildman–Crippen LogP) is 3.68. The summed E-state index contributed by atoms with van der Waals surface area (Å²) >= 11 is 0. The number of nitrogens with two attached hydrogens (primary N) is 1. The summed E-state index contributed by atoms with van der Waals surface area (Å²) in [5.41, 5.74) is 10.4. The Balaban J connectivity index is 1.61. The number of rotatable bonds is 5. The number of fused-ring (bicyclic) bond motifs is 2. The highest BCUT2D eigenvalue weighted by atomic mass is 19.1. The van der Waals surface area contributed by atoms with Gasteiger partial charge in [-0.15, -0.1) is 0 Å². The highest BCUT2D eigenvalue weighted by molar-refractivity contribution is 6.00. The van der Waals surface area contributed by atoms with Crippen molar-refractivity contribution in [2.24, 2.45) is 17.6 Å². The van der Waals surface area contributed by atoms with Crippen LogP contribution >= 0.6 is 0 Å². The van der Waals surface area contributed by atoms with Crippen molar-refractivity contribution in [2.45, 2.75) is 19.4 Å². The molecule has 5 rings (SSSR count). The topological polar surface area (TPSA) is 74.5 Å². The summed E-state index contributed by atoms with van der Waals surface area (Å²) in [4.78, 5) is 21.4. The van der Waals surface area contributed by atoms with Crippen molar-refractivity contribution in [3.05, 3.63) is 53.8 Å². The number of hydrogen-bond acceptors (Lipinski definition) is 6. The first-order valence-electron chi connectivity index (χ1n) is 12.0. The standard InChI is InChI=1S/C27H32FN5O/c1-16(29)27(34)18-6-4-17(5-7-18)23-11-25(33-14-19-8-9-30-13-20(19)15-33)21-10-22(28)26(32(2)3)12-24(21)31-23/h4-7,10-12,16,19-20,30H,8-9,13-15,29H2,1-3H3/t16?,19-,20+/m0/s1. The number of piperidine rings is 1. The van der Waals surface area contributed by atoms with Crippen molar-refractivity contribution in [1.82, 2.24) is 10.3 Å². The highest BCUT2D eigenvalue weighted by Crippen LogP contribution is 2.39. The third kappa shape index (κ3) is 4.14. The van der Waals surface area contributed by atoms with Gasteiger partial charge in [-0.25, -0.2) is 9.37 Å². The van der Waals surface area contributed by atoms with Gasteiger partial charge in [0.2, 0.25) is 0 Å². The molecule has 3 heterocycles. The highest BCUT2D eigenvalue weighted by Gasteiger charge is 2.35. The molecular formula is C27H32FN5O. The van der Waals surface area contributed by atoms with Gasteiger partial charge in [0.15, 0.2) is 5.78 Å². The van der Waals surface area contributed by atoms with Gasteiger partial charge in [-0.1, -0.05) is 24.3 Å². The van der Waals surface area contributed by atoms with E-state index in [0.29, 0.717) is 23.1 Å². The number of carbonyl (C=O) groups excluding carboxylic acids is 1. The van der Waals surface area contributed by atoms with Crippen LogP contribution in [-0.4, -0.2) is 57.1 Å². The van der Waals surface area contributed by atoms with Crippen molar-refractivity contribution >= 4 is 28.1 Å². The molecule has 2 fully saturated rings. The zero-order valence-electron chi connectivity index (χ0n) is 20.0. The van der Waals surface area contributed by atoms with Gasteiger partial charge in [0.1, 0.15) is 5.82 Å². The monoisotopic (exact) mass is 461 g/mol. The zero-order chi connectivity index (χ0) is 24.0. The van der Waals surface area contributed by atoms with E-state index in [-0.39, 0.29) is 11.6 Å². The van der Waals surface area contributed by atoms with Gasteiger partial charge in [-0.3, -0.25) is 4.79 Å². The number of Topliss-reactive ketones (excluding diaryl/α,β-unsaturated/α-hetero) is 1. The maximum absolute atomic E-state index is 15.0. The lowest BCUT2D eigenvalue weighted by Crippen LogP contribution is -2.35. The fourth-order valence-corrected chi connectivity index (χ4v) is 5.31. The van der Waals surface area contributed by atoms with Gasteiger partial charge in [0.05, 0.1) is 22.9 Å². The first-order valence-corrected chi connectivity index (χ1v) is 12.0. The molecule has 1 unspecified atom stereocenters. The molecule has 178 valence electrons. The Bertz CT molecular complexity index is 1210. The number of halogens is 1. The normalized spacial score (nSPS) is 20.9. The molecule has 2 saturated heterocycles. The summed E-state index contributed by atoms with van der Waals surface area (Å²) < 4.78 is 15.0. The summed E-state index contributed by atoms with van der Waals surface area (Å²) in [6, 6.07) is 12.4. The van der Waals surface area contributed by atoms with E-state index in [2.05, 4.69) is 16.3 Å². The van der Waals surface area contributed by atoms with Crippen molar-refractivity contribution < 1.29 is 9.18 Å². The minimum Gasteiger partial charge on any atom is -0.375 e. The molecule has 6 nitrogen and oxygen atoms in total. The van der Waals surface area contributed by atoms with Crippen LogP contribution in [-0.2, 0) is 0 Å². The Hall–Kier alpha value is -3.03. The Morgan fingerprint density at radius 3 is 2.59 bits per heavy atom. The number of aromatic nitrogens is 1. The van der Waals surface area contributed by atoms with Crippen molar-refractivity contribution in [1.29, 1.82) is 0 Å². The number of nitrogens with one attached hydrogen (secondary N) is 1. The summed E-state index contributed by atoms with van der Waals surface area (Å²) in [5, 5.41) is 4.35. The molecule has 7 heteroatoms. The molecule has 0 spiro atoms. The number of carbonyl (C=O) groups is 1. The molecule has 0 aliphatic carbocycles. The van der Waals surface area contributed by atoms with E-state index in [4.69, 9.17) is 10.7 Å². The molecule has 0 amide bonds. The molecule has 2 aliphatic rings. The number of hydrogen-bond donors (Lipinski definition) is 2. The van der Waals surface area contributed by atoms with Crippen LogP contribution in [0.5, 0.6) is 0 Å². The van der Waals surface area contributed by atoms with Gasteiger partial charge in [0.25, 0.3) is 0 Å². The number of pyridine rings is 1. The largest absolute Gasteiger partial charge is 0.375 e. The van der Waals surface area contributed by atoms with Crippen LogP contribution in [0, 0.1) is 17.7 Å². The summed E-state index contributed by atoms with van der Waals surface area (Å²) in [7, 11) is 3.67. The molecule has 0 saturated carbocycles. The number of ketones is 1. The Kier molecular flexibility index (Phi) is 6.00. The number of anilines is 2. The summed E-state index contributed by atoms with van der Waals surface area (Å²) in [5.74, 6) is 0.931. The first kappa shape index (κ1) is 22.7. The van der Waals surface area contributed by atoms with Gasteiger partial charge >= 0.3 is 0 Å². The molecular weight excluding hydrogens is 429 g/mol. The van der Waals surface area contributed by atoms with Crippen molar-refractivity contribution in [3.63, 3.8) is 0 Å². The van der Waals surface area contributed by atoms with Crippen molar-refractivity contribution in [2.75, 3.05) is 50.1 Å². The Morgan fingerprint density at radius 1 is 1.18 bits per heavy atom. The van der Waals surface area contributed by atoms with Crippen LogP contribution in [0.15, 0.2) is 42.5 Å². The van der Waals surface area contributed by atoms with Gasteiger partial charge < -0.3 is 20.9 Å². The van der Waals surface area contributed by atoms with Crippen LogP contribution in [0.4, 0.5) is 15.8 Å². The van der Waals surface area contributed by atoms with E-state index in [0.717, 1.165) is 54.0 Å². The molecule has 2 aliphatic heterocycles. The molecule has 3 atom stereocenters. The van der Waals surface area contributed by atoms with Crippen molar-refractivity contribution in [3.8, 4) is 11.3 Å². The average molecular weight is 462 g/mol. The fourth-order valence-electron chi connectivity index (χ4n) is 5.31. The predicted molar refractivity (Wildman–Crippen MR) is 136 cm³/mol. The van der Waals surface area contributed by atoms with E-state index < -0.39 is 6.04 Å². The second kappa shape index (κ2) is 8.96. The van der Waals surface area contributed by atoms with Gasteiger partial charge in [-0.05, 0) is 56.5 Å². The SMILES string of the molecule is CC(N)C(=O)c1ccc(-c2cc(N3C[C@H]4CNCC[C@H]4C3)c3cc(F)c(N(C)C)cc3n2)cc1. The van der Waals surface area contributed by atoms with E-state index in [1.807, 2.05) is 32.3 Å². The molecule has 3 aromatic rings. The van der Waals surface area contributed by atoms with Crippen LogP contribution in [0.1, 0.15) is 23.7 Å². The third-order valence-corrected chi connectivity index (χ3v) is 7.23. The fraction of sp³-hybridized carbons (Fsp3) is 0.407.